The van der Waals surface area contributed by atoms with Gasteiger partial charge in [0.15, 0.2) is 6.61 Å². The van der Waals surface area contributed by atoms with Crippen molar-refractivity contribution in [2.45, 2.75) is 6.42 Å². The summed E-state index contributed by atoms with van der Waals surface area (Å²) in [6.07, 6.45) is 0.204. The van der Waals surface area contributed by atoms with Crippen molar-refractivity contribution in [3.8, 4) is 11.5 Å². The second kappa shape index (κ2) is 6.39. The van der Waals surface area contributed by atoms with Gasteiger partial charge in [0.1, 0.15) is 11.5 Å². The highest BCUT2D eigenvalue weighted by molar-refractivity contribution is 5.96. The molecule has 0 fully saturated rings. The van der Waals surface area contributed by atoms with Crippen molar-refractivity contribution >= 4 is 23.2 Å². The highest BCUT2D eigenvalue weighted by Gasteiger charge is 2.16. The highest BCUT2D eigenvalue weighted by Crippen LogP contribution is 2.28. The van der Waals surface area contributed by atoms with Crippen LogP contribution in [-0.4, -0.2) is 25.5 Å². The molecule has 6 nitrogen and oxygen atoms in total. The molecule has 0 bridgehead atoms. The van der Waals surface area contributed by atoms with E-state index in [1.807, 2.05) is 6.07 Å². The van der Waals surface area contributed by atoms with Gasteiger partial charge in [-0.05, 0) is 42.0 Å². The van der Waals surface area contributed by atoms with Gasteiger partial charge in [-0.25, -0.2) is 0 Å². The molecule has 6 heteroatoms. The molecule has 2 amide bonds. The molecule has 0 unspecified atom stereocenters. The lowest BCUT2D eigenvalue weighted by atomic mass is 10.1. The van der Waals surface area contributed by atoms with Gasteiger partial charge in [0.25, 0.3) is 5.91 Å². The van der Waals surface area contributed by atoms with E-state index in [1.54, 1.807) is 43.5 Å². The number of amides is 2. The third-order valence-corrected chi connectivity index (χ3v) is 3.42. The number of hydrogen-bond donors (Lipinski definition) is 2. The number of carbonyl (C=O) groups excluding carboxylic acids is 2. The number of carbonyl (C=O) groups is 2. The molecule has 1 aliphatic rings. The van der Waals surface area contributed by atoms with E-state index < -0.39 is 0 Å². The Balaban J connectivity index is 1.65. The maximum Gasteiger partial charge on any atom is 0.262 e. The van der Waals surface area contributed by atoms with Crippen LogP contribution in [0.4, 0.5) is 11.4 Å². The first-order valence-corrected chi connectivity index (χ1v) is 7.13. The third-order valence-electron chi connectivity index (χ3n) is 3.42. The van der Waals surface area contributed by atoms with Gasteiger partial charge >= 0.3 is 0 Å². The topological polar surface area (TPSA) is 76.7 Å². The van der Waals surface area contributed by atoms with Crippen LogP contribution < -0.4 is 20.1 Å². The largest absolute Gasteiger partial charge is 0.497 e. The molecule has 1 aliphatic heterocycles. The Kier molecular flexibility index (Phi) is 4.14. The van der Waals surface area contributed by atoms with Crippen LogP contribution in [0.3, 0.4) is 0 Å². The standard InChI is InChI=1S/C17H16N2O4/c1-22-13-5-3-12(4-6-13)18-16(20)9-11-2-7-15-14(8-11)19-17(21)10-23-15/h2-8H,9-10H2,1H3,(H,18,20)(H,19,21). The molecular weight excluding hydrogens is 296 g/mol. The summed E-state index contributed by atoms with van der Waals surface area (Å²) in [5.41, 5.74) is 2.09. The Labute approximate surface area is 133 Å². The predicted molar refractivity (Wildman–Crippen MR) is 85.9 cm³/mol. The normalized spacial score (nSPS) is 12.7. The fourth-order valence-electron chi connectivity index (χ4n) is 2.31. The molecular formula is C17H16N2O4. The molecule has 2 N–H and O–H groups in total. The van der Waals surface area contributed by atoms with Gasteiger partial charge in [0.05, 0.1) is 19.2 Å². The van der Waals surface area contributed by atoms with Crippen molar-refractivity contribution in [3.63, 3.8) is 0 Å². The zero-order valence-corrected chi connectivity index (χ0v) is 12.6. The zero-order valence-electron chi connectivity index (χ0n) is 12.6. The first-order valence-electron chi connectivity index (χ1n) is 7.13. The maximum atomic E-state index is 12.1. The molecule has 2 aromatic rings. The number of hydrogen-bond acceptors (Lipinski definition) is 4. The second-order valence-corrected chi connectivity index (χ2v) is 5.12. The number of nitrogens with one attached hydrogen (secondary N) is 2. The number of ether oxygens (including phenoxy) is 2. The maximum absolute atomic E-state index is 12.1. The summed E-state index contributed by atoms with van der Waals surface area (Å²) in [6, 6.07) is 12.4. The average Bonchev–Trinajstić information content (AvgIpc) is 2.55. The summed E-state index contributed by atoms with van der Waals surface area (Å²) < 4.78 is 10.4. The predicted octanol–water partition coefficient (Wildman–Crippen LogP) is 2.21. The van der Waals surface area contributed by atoms with Crippen LogP contribution in [-0.2, 0) is 16.0 Å². The van der Waals surface area contributed by atoms with E-state index in [9.17, 15) is 9.59 Å². The molecule has 3 rings (SSSR count). The van der Waals surface area contributed by atoms with Gasteiger partial charge in [0.2, 0.25) is 5.91 Å². The molecule has 0 saturated carbocycles. The van der Waals surface area contributed by atoms with Crippen molar-refractivity contribution in [2.75, 3.05) is 24.4 Å². The lowest BCUT2D eigenvalue weighted by Gasteiger charge is -2.18. The average molecular weight is 312 g/mol. The molecule has 23 heavy (non-hydrogen) atoms. The molecule has 0 saturated heterocycles. The summed E-state index contributed by atoms with van der Waals surface area (Å²) in [4.78, 5) is 23.4. The van der Waals surface area contributed by atoms with Crippen LogP contribution in [0, 0.1) is 0 Å². The minimum absolute atomic E-state index is 0.0182. The summed E-state index contributed by atoms with van der Waals surface area (Å²) in [5.74, 6) is 1.01. The number of methoxy groups -OCH3 is 1. The highest BCUT2D eigenvalue weighted by atomic mass is 16.5. The van der Waals surface area contributed by atoms with Crippen molar-refractivity contribution in [2.24, 2.45) is 0 Å². The Morgan fingerprint density at radius 1 is 1.26 bits per heavy atom. The van der Waals surface area contributed by atoms with Crippen molar-refractivity contribution < 1.29 is 19.1 Å². The summed E-state index contributed by atoms with van der Waals surface area (Å²) in [6.45, 7) is 0.0182. The molecule has 1 heterocycles. The van der Waals surface area contributed by atoms with E-state index in [0.717, 1.165) is 11.3 Å². The molecule has 118 valence electrons. The van der Waals surface area contributed by atoms with Crippen LogP contribution in [0.2, 0.25) is 0 Å². The molecule has 0 radical (unpaired) electrons. The van der Waals surface area contributed by atoms with Crippen molar-refractivity contribution in [1.29, 1.82) is 0 Å². The number of fused-ring (bicyclic) bond motifs is 1. The Hall–Kier alpha value is -3.02. The lowest BCUT2D eigenvalue weighted by Crippen LogP contribution is -2.25. The Morgan fingerprint density at radius 2 is 2.04 bits per heavy atom. The van der Waals surface area contributed by atoms with E-state index in [0.29, 0.717) is 17.1 Å². The van der Waals surface area contributed by atoms with Gasteiger partial charge in [-0.1, -0.05) is 6.07 Å². The molecule has 0 aromatic heterocycles. The Bertz CT molecular complexity index is 741. The van der Waals surface area contributed by atoms with Gasteiger partial charge < -0.3 is 20.1 Å². The number of rotatable bonds is 4. The SMILES string of the molecule is COc1ccc(NC(=O)Cc2ccc3c(c2)NC(=O)CO3)cc1. The van der Waals surface area contributed by atoms with Crippen molar-refractivity contribution in [3.05, 3.63) is 48.0 Å². The van der Waals surface area contributed by atoms with Crippen LogP contribution in [0.15, 0.2) is 42.5 Å². The molecule has 0 atom stereocenters. The molecule has 2 aromatic carbocycles. The first kappa shape index (κ1) is 14.9. The van der Waals surface area contributed by atoms with Gasteiger partial charge in [-0.2, -0.15) is 0 Å². The van der Waals surface area contributed by atoms with E-state index in [-0.39, 0.29) is 24.8 Å². The fraction of sp³-hybridized carbons (Fsp3) is 0.176. The van der Waals surface area contributed by atoms with Crippen LogP contribution in [0.5, 0.6) is 11.5 Å². The third kappa shape index (κ3) is 3.60. The Morgan fingerprint density at radius 3 is 2.78 bits per heavy atom. The minimum atomic E-state index is -0.197. The number of anilines is 2. The zero-order chi connectivity index (χ0) is 16.2. The lowest BCUT2D eigenvalue weighted by molar-refractivity contribution is -0.118. The second-order valence-electron chi connectivity index (χ2n) is 5.12. The van der Waals surface area contributed by atoms with E-state index in [1.165, 1.54) is 0 Å². The van der Waals surface area contributed by atoms with Gasteiger partial charge in [-0.15, -0.1) is 0 Å². The monoisotopic (exact) mass is 312 g/mol. The first-order chi connectivity index (χ1) is 11.1. The fourth-order valence-corrected chi connectivity index (χ4v) is 2.31. The van der Waals surface area contributed by atoms with Gasteiger partial charge in [-0.3, -0.25) is 9.59 Å². The quantitative estimate of drug-likeness (QED) is 0.907. The van der Waals surface area contributed by atoms with Crippen LogP contribution >= 0.6 is 0 Å². The van der Waals surface area contributed by atoms with Gasteiger partial charge in [0, 0.05) is 5.69 Å². The molecule has 0 spiro atoms. The van der Waals surface area contributed by atoms with Crippen LogP contribution in [0.25, 0.3) is 0 Å². The van der Waals surface area contributed by atoms with E-state index in [4.69, 9.17) is 9.47 Å². The minimum Gasteiger partial charge on any atom is -0.497 e. The van der Waals surface area contributed by atoms with E-state index >= 15 is 0 Å². The van der Waals surface area contributed by atoms with Crippen molar-refractivity contribution in [1.82, 2.24) is 0 Å². The summed E-state index contributed by atoms with van der Waals surface area (Å²) in [5, 5.41) is 5.54. The van der Waals surface area contributed by atoms with E-state index in [2.05, 4.69) is 10.6 Å². The smallest absolute Gasteiger partial charge is 0.262 e. The van der Waals surface area contributed by atoms with Crippen LogP contribution in [0.1, 0.15) is 5.56 Å². The summed E-state index contributed by atoms with van der Waals surface area (Å²) in [7, 11) is 1.59. The number of benzene rings is 2. The summed E-state index contributed by atoms with van der Waals surface area (Å²) >= 11 is 0. The molecule has 0 aliphatic carbocycles.